The van der Waals surface area contributed by atoms with Crippen LogP contribution in [0, 0.1) is 17.1 Å². The Balaban J connectivity index is 1.97. The fourth-order valence-corrected chi connectivity index (χ4v) is 3.67. The van der Waals surface area contributed by atoms with Crippen LogP contribution in [-0.2, 0) is 0 Å². The lowest BCUT2D eigenvalue weighted by molar-refractivity contribution is 0.629. The summed E-state index contributed by atoms with van der Waals surface area (Å²) in [6.07, 6.45) is 3.00. The molecule has 0 aliphatic carbocycles. The summed E-state index contributed by atoms with van der Waals surface area (Å²) in [5, 5.41) is 13.4. The molecular formula is C23H21FN8. The van der Waals surface area contributed by atoms with Crippen molar-refractivity contribution in [3.05, 3.63) is 66.0 Å². The average molecular weight is 428 g/mol. The van der Waals surface area contributed by atoms with Crippen LogP contribution in [0.4, 0.5) is 21.7 Å². The van der Waals surface area contributed by atoms with E-state index in [1.807, 2.05) is 50.2 Å². The molecule has 1 aromatic carbocycles. The Kier molecular flexibility index (Phi) is 5.52. The highest BCUT2D eigenvalue weighted by Crippen LogP contribution is 2.40. The number of nitrogens with one attached hydrogen (secondary N) is 1. The van der Waals surface area contributed by atoms with Crippen LogP contribution in [0.25, 0.3) is 22.2 Å². The maximum Gasteiger partial charge on any atom is 0.150 e. The summed E-state index contributed by atoms with van der Waals surface area (Å²) >= 11 is 0. The van der Waals surface area contributed by atoms with Gasteiger partial charge < -0.3 is 16.0 Å². The van der Waals surface area contributed by atoms with Crippen molar-refractivity contribution >= 4 is 28.2 Å². The van der Waals surface area contributed by atoms with Gasteiger partial charge >= 0.3 is 0 Å². The molecule has 0 fully saturated rings. The third kappa shape index (κ3) is 3.74. The van der Waals surface area contributed by atoms with Gasteiger partial charge in [-0.25, -0.2) is 19.3 Å². The zero-order valence-electron chi connectivity index (χ0n) is 17.8. The van der Waals surface area contributed by atoms with Gasteiger partial charge in [-0.05, 0) is 37.3 Å². The molecule has 0 aliphatic rings. The van der Waals surface area contributed by atoms with Crippen LogP contribution in [0.5, 0.6) is 0 Å². The van der Waals surface area contributed by atoms with Crippen molar-refractivity contribution in [3.8, 4) is 17.3 Å². The van der Waals surface area contributed by atoms with Gasteiger partial charge in [0.05, 0.1) is 28.6 Å². The second kappa shape index (κ2) is 8.43. The first-order valence-electron chi connectivity index (χ1n) is 9.89. The minimum atomic E-state index is -0.387. The molecule has 8 nitrogen and oxygen atoms in total. The number of fused-ring (bicyclic) bond motifs is 1. The smallest absolute Gasteiger partial charge is 0.150 e. The monoisotopic (exact) mass is 428 g/mol. The zero-order chi connectivity index (χ0) is 22.8. The number of hydrogen-bond acceptors (Lipinski definition) is 8. The van der Waals surface area contributed by atoms with Gasteiger partial charge in [-0.15, -0.1) is 0 Å². The highest BCUT2D eigenvalue weighted by atomic mass is 19.1. The van der Waals surface area contributed by atoms with Crippen LogP contribution in [-0.4, -0.2) is 34.0 Å². The van der Waals surface area contributed by atoms with Gasteiger partial charge in [0.15, 0.2) is 0 Å². The van der Waals surface area contributed by atoms with Gasteiger partial charge in [-0.2, -0.15) is 5.26 Å². The molecule has 32 heavy (non-hydrogen) atoms. The second-order valence-electron chi connectivity index (χ2n) is 7.45. The summed E-state index contributed by atoms with van der Waals surface area (Å²) in [5.74, 6) is 0.0633. The van der Waals surface area contributed by atoms with Crippen molar-refractivity contribution in [1.82, 2.24) is 19.9 Å². The quantitative estimate of drug-likeness (QED) is 0.491. The molecule has 1 atom stereocenters. The van der Waals surface area contributed by atoms with Crippen molar-refractivity contribution in [2.45, 2.75) is 13.0 Å². The fourth-order valence-electron chi connectivity index (χ4n) is 3.67. The minimum absolute atomic E-state index is 0.0954. The molecule has 3 heterocycles. The Morgan fingerprint density at radius 2 is 1.97 bits per heavy atom. The molecular weight excluding hydrogens is 407 g/mol. The number of aromatic nitrogens is 4. The summed E-state index contributed by atoms with van der Waals surface area (Å²) in [6, 6.07) is 11.8. The third-order valence-electron chi connectivity index (χ3n) is 5.07. The van der Waals surface area contributed by atoms with Crippen molar-refractivity contribution in [1.29, 1.82) is 5.26 Å². The van der Waals surface area contributed by atoms with Crippen molar-refractivity contribution < 1.29 is 4.39 Å². The Labute approximate surface area is 184 Å². The molecule has 0 saturated heterocycles. The van der Waals surface area contributed by atoms with Gasteiger partial charge in [-0.1, -0.05) is 6.07 Å². The van der Waals surface area contributed by atoms with Crippen molar-refractivity contribution in [2.75, 3.05) is 30.0 Å². The lowest BCUT2D eigenvalue weighted by Gasteiger charge is -2.25. The predicted octanol–water partition coefficient (Wildman–Crippen LogP) is 3.92. The highest BCUT2D eigenvalue weighted by molar-refractivity contribution is 6.00. The molecule has 1 unspecified atom stereocenters. The number of rotatable bonds is 5. The SMILES string of the molecule is CC(Nc1ncnc(N)c1C#N)c1nc2ccc(F)cc2c(N(C)C)c1-c1ccccn1. The van der Waals surface area contributed by atoms with E-state index >= 15 is 0 Å². The Hall–Kier alpha value is -4.32. The summed E-state index contributed by atoms with van der Waals surface area (Å²) in [6.45, 7) is 1.91. The first-order chi connectivity index (χ1) is 15.4. The van der Waals surface area contributed by atoms with E-state index in [2.05, 4.69) is 20.3 Å². The Morgan fingerprint density at radius 1 is 1.16 bits per heavy atom. The van der Waals surface area contributed by atoms with Crippen LogP contribution in [0.3, 0.4) is 0 Å². The van der Waals surface area contributed by atoms with Crippen LogP contribution in [0.1, 0.15) is 24.2 Å². The maximum atomic E-state index is 14.2. The normalized spacial score (nSPS) is 11.7. The van der Waals surface area contributed by atoms with E-state index < -0.39 is 0 Å². The molecule has 9 heteroatoms. The van der Waals surface area contributed by atoms with Gasteiger partial charge in [-0.3, -0.25) is 4.98 Å². The first-order valence-corrected chi connectivity index (χ1v) is 9.89. The number of hydrogen-bond donors (Lipinski definition) is 2. The number of nitrogens with two attached hydrogens (primary N) is 1. The summed E-state index contributed by atoms with van der Waals surface area (Å²) in [7, 11) is 3.79. The zero-order valence-corrected chi connectivity index (χ0v) is 17.8. The van der Waals surface area contributed by atoms with Gasteiger partial charge in [0.1, 0.15) is 35.4 Å². The summed E-state index contributed by atoms with van der Waals surface area (Å²) in [5.41, 5.74) is 9.56. The number of nitrogen functional groups attached to an aromatic ring is 1. The Bertz CT molecular complexity index is 1330. The van der Waals surface area contributed by atoms with E-state index in [0.29, 0.717) is 28.1 Å². The van der Waals surface area contributed by atoms with E-state index in [1.165, 1.54) is 18.5 Å². The third-order valence-corrected chi connectivity index (χ3v) is 5.07. The first kappa shape index (κ1) is 20.9. The number of nitrogens with zero attached hydrogens (tertiary/aromatic N) is 6. The van der Waals surface area contributed by atoms with Crippen molar-refractivity contribution in [2.24, 2.45) is 0 Å². The summed E-state index contributed by atoms with van der Waals surface area (Å²) in [4.78, 5) is 19.4. The lowest BCUT2D eigenvalue weighted by atomic mass is 9.98. The number of anilines is 3. The second-order valence-corrected chi connectivity index (χ2v) is 7.45. The minimum Gasteiger partial charge on any atom is -0.382 e. The number of halogens is 1. The molecule has 4 aromatic rings. The van der Waals surface area contributed by atoms with E-state index in [4.69, 9.17) is 10.7 Å². The molecule has 0 bridgehead atoms. The molecule has 3 N–H and O–H groups in total. The van der Waals surface area contributed by atoms with Crippen LogP contribution in [0.15, 0.2) is 48.9 Å². The largest absolute Gasteiger partial charge is 0.382 e. The van der Waals surface area contributed by atoms with Crippen LogP contribution in [0.2, 0.25) is 0 Å². The van der Waals surface area contributed by atoms with Gasteiger partial charge in [0, 0.05) is 31.2 Å². The fraction of sp³-hybridized carbons (Fsp3) is 0.174. The lowest BCUT2D eigenvalue weighted by Crippen LogP contribution is -2.18. The molecule has 3 aromatic heterocycles. The van der Waals surface area contributed by atoms with E-state index in [1.54, 1.807) is 12.3 Å². The molecule has 0 radical (unpaired) electrons. The highest BCUT2D eigenvalue weighted by Gasteiger charge is 2.24. The maximum absolute atomic E-state index is 14.2. The molecule has 0 amide bonds. The topological polar surface area (TPSA) is 117 Å². The average Bonchev–Trinajstić information content (AvgIpc) is 2.78. The number of nitriles is 1. The van der Waals surface area contributed by atoms with E-state index in [0.717, 1.165) is 11.3 Å². The molecule has 0 saturated carbocycles. The Morgan fingerprint density at radius 3 is 2.66 bits per heavy atom. The molecule has 0 spiro atoms. The summed E-state index contributed by atoms with van der Waals surface area (Å²) < 4.78 is 14.2. The van der Waals surface area contributed by atoms with E-state index in [9.17, 15) is 9.65 Å². The number of benzene rings is 1. The van der Waals surface area contributed by atoms with Crippen LogP contribution >= 0.6 is 0 Å². The standard InChI is InChI=1S/C23H21FN8/c1-13(30-23-16(11-25)22(26)28-12-29-23)20-19(18-6-4-5-9-27-18)21(32(2)3)15-10-14(24)7-8-17(15)31-20/h4-10,12-13H,1-3H3,(H3,26,28,29,30). The molecule has 0 aliphatic heterocycles. The van der Waals surface area contributed by atoms with Crippen LogP contribution < -0.4 is 16.0 Å². The predicted molar refractivity (Wildman–Crippen MR) is 122 cm³/mol. The van der Waals surface area contributed by atoms with Crippen molar-refractivity contribution in [3.63, 3.8) is 0 Å². The molecule has 4 rings (SSSR count). The number of pyridine rings is 2. The van der Waals surface area contributed by atoms with Gasteiger partial charge in [0.25, 0.3) is 0 Å². The van der Waals surface area contributed by atoms with Gasteiger partial charge in [0.2, 0.25) is 0 Å². The van der Waals surface area contributed by atoms with E-state index in [-0.39, 0.29) is 23.2 Å². The molecule has 160 valence electrons.